The quantitative estimate of drug-likeness (QED) is 0.615. The maximum absolute atomic E-state index is 11.5. The molecule has 0 unspecified atom stereocenters. The van der Waals surface area contributed by atoms with Crippen molar-refractivity contribution in [2.75, 3.05) is 51.0 Å². The van der Waals surface area contributed by atoms with Crippen molar-refractivity contribution in [3.05, 3.63) is 12.1 Å². The Morgan fingerprint density at radius 2 is 2.00 bits per heavy atom. The van der Waals surface area contributed by atoms with Gasteiger partial charge in [-0.15, -0.1) is 0 Å². The van der Waals surface area contributed by atoms with Gasteiger partial charge in [-0.2, -0.15) is 0 Å². The summed E-state index contributed by atoms with van der Waals surface area (Å²) in [6.45, 7) is 5.57. The third-order valence-corrected chi connectivity index (χ3v) is 4.22. The lowest BCUT2D eigenvalue weighted by Gasteiger charge is -2.20. The van der Waals surface area contributed by atoms with Gasteiger partial charge in [0.05, 0.1) is 25.1 Å². The number of rotatable bonds is 7. The highest BCUT2D eigenvalue weighted by atomic mass is 16.5. The van der Waals surface area contributed by atoms with Crippen molar-refractivity contribution in [3.63, 3.8) is 0 Å². The Morgan fingerprint density at radius 3 is 2.61 bits per heavy atom. The standard InChI is InChI=1S/C17H27N3O3/c1-13(21)19(2)15-12-16(22-3)17(11-14(15)18)23-10-6-9-20-7-4-5-8-20/h11-12H,4-10,18H2,1-3H3. The van der Waals surface area contributed by atoms with Crippen LogP contribution in [0.4, 0.5) is 11.4 Å². The summed E-state index contributed by atoms with van der Waals surface area (Å²) in [7, 11) is 3.27. The summed E-state index contributed by atoms with van der Waals surface area (Å²) in [5.41, 5.74) is 7.17. The first-order valence-corrected chi connectivity index (χ1v) is 8.10. The third-order valence-electron chi connectivity index (χ3n) is 4.22. The van der Waals surface area contributed by atoms with E-state index in [1.807, 2.05) is 0 Å². The van der Waals surface area contributed by atoms with Crippen molar-refractivity contribution < 1.29 is 14.3 Å². The van der Waals surface area contributed by atoms with Crippen LogP contribution in [0.15, 0.2) is 12.1 Å². The van der Waals surface area contributed by atoms with E-state index in [2.05, 4.69) is 4.90 Å². The number of nitrogens with zero attached hydrogens (tertiary/aromatic N) is 2. The maximum atomic E-state index is 11.5. The predicted molar refractivity (Wildman–Crippen MR) is 92.3 cm³/mol. The summed E-state index contributed by atoms with van der Waals surface area (Å²) in [5.74, 6) is 1.12. The fraction of sp³-hybridized carbons (Fsp3) is 0.588. The van der Waals surface area contributed by atoms with Crippen molar-refractivity contribution in [3.8, 4) is 11.5 Å². The molecule has 6 nitrogen and oxygen atoms in total. The van der Waals surface area contributed by atoms with E-state index in [1.54, 1.807) is 26.3 Å². The first-order chi connectivity index (χ1) is 11.0. The molecule has 0 aromatic heterocycles. The number of benzene rings is 1. The van der Waals surface area contributed by atoms with E-state index >= 15 is 0 Å². The first-order valence-electron chi connectivity index (χ1n) is 8.10. The van der Waals surface area contributed by atoms with Crippen molar-refractivity contribution >= 4 is 17.3 Å². The van der Waals surface area contributed by atoms with E-state index < -0.39 is 0 Å². The molecule has 0 spiro atoms. The van der Waals surface area contributed by atoms with E-state index in [-0.39, 0.29) is 5.91 Å². The third kappa shape index (κ3) is 4.51. The van der Waals surface area contributed by atoms with Gasteiger partial charge in [-0.05, 0) is 32.4 Å². The highest BCUT2D eigenvalue weighted by molar-refractivity contribution is 5.95. The minimum absolute atomic E-state index is 0.0852. The van der Waals surface area contributed by atoms with Gasteiger partial charge >= 0.3 is 0 Å². The highest BCUT2D eigenvalue weighted by Gasteiger charge is 2.15. The second-order valence-electron chi connectivity index (χ2n) is 5.89. The zero-order valence-electron chi connectivity index (χ0n) is 14.3. The minimum Gasteiger partial charge on any atom is -0.493 e. The van der Waals surface area contributed by atoms with Gasteiger partial charge in [-0.3, -0.25) is 4.79 Å². The number of carbonyl (C=O) groups excluding carboxylic acids is 1. The number of likely N-dealkylation sites (tertiary alicyclic amines) is 1. The predicted octanol–water partition coefficient (Wildman–Crippen LogP) is 2.12. The van der Waals surface area contributed by atoms with Crippen LogP contribution in [-0.2, 0) is 4.79 Å². The van der Waals surface area contributed by atoms with E-state index in [0.717, 1.165) is 13.0 Å². The van der Waals surface area contributed by atoms with Gasteiger partial charge in [0.15, 0.2) is 11.5 Å². The Kier molecular flexibility index (Phi) is 6.10. The zero-order valence-corrected chi connectivity index (χ0v) is 14.3. The fourth-order valence-corrected chi connectivity index (χ4v) is 2.77. The molecule has 1 fully saturated rings. The summed E-state index contributed by atoms with van der Waals surface area (Å²) < 4.78 is 11.2. The lowest BCUT2D eigenvalue weighted by atomic mass is 10.2. The second-order valence-corrected chi connectivity index (χ2v) is 5.89. The van der Waals surface area contributed by atoms with Crippen LogP contribution in [0.1, 0.15) is 26.2 Å². The van der Waals surface area contributed by atoms with Gasteiger partial charge in [-0.25, -0.2) is 0 Å². The van der Waals surface area contributed by atoms with Crippen LogP contribution < -0.4 is 20.1 Å². The second kappa shape index (κ2) is 8.06. The Bertz CT molecular complexity index is 542. The van der Waals surface area contributed by atoms with E-state index in [4.69, 9.17) is 15.2 Å². The van der Waals surface area contributed by atoms with Gasteiger partial charge in [0.1, 0.15) is 0 Å². The van der Waals surface area contributed by atoms with Crippen molar-refractivity contribution in [1.82, 2.24) is 4.90 Å². The van der Waals surface area contributed by atoms with Gasteiger partial charge in [0.25, 0.3) is 0 Å². The molecule has 1 aromatic carbocycles. The molecule has 0 aliphatic carbocycles. The molecular weight excluding hydrogens is 294 g/mol. The van der Waals surface area contributed by atoms with Crippen LogP contribution in [0.2, 0.25) is 0 Å². The van der Waals surface area contributed by atoms with E-state index in [9.17, 15) is 4.79 Å². The van der Waals surface area contributed by atoms with Crippen LogP contribution in [0.5, 0.6) is 11.5 Å². The highest BCUT2D eigenvalue weighted by Crippen LogP contribution is 2.36. The van der Waals surface area contributed by atoms with Crippen molar-refractivity contribution in [1.29, 1.82) is 0 Å². The average Bonchev–Trinajstić information content (AvgIpc) is 3.04. The Hall–Kier alpha value is -1.95. The average molecular weight is 321 g/mol. The number of anilines is 2. The number of carbonyl (C=O) groups is 1. The molecular formula is C17H27N3O3. The zero-order chi connectivity index (χ0) is 16.8. The monoisotopic (exact) mass is 321 g/mol. The molecule has 0 atom stereocenters. The number of hydrogen-bond donors (Lipinski definition) is 1. The van der Waals surface area contributed by atoms with Crippen LogP contribution >= 0.6 is 0 Å². The van der Waals surface area contributed by atoms with Crippen LogP contribution in [0.3, 0.4) is 0 Å². The molecule has 1 aromatic rings. The molecule has 1 heterocycles. The first kappa shape index (κ1) is 17.4. The van der Waals surface area contributed by atoms with E-state index in [1.165, 1.54) is 37.8 Å². The molecule has 23 heavy (non-hydrogen) atoms. The number of ether oxygens (including phenoxy) is 2. The SMILES string of the molecule is COc1cc(N(C)C(C)=O)c(N)cc1OCCCN1CCCC1. The molecule has 1 aliphatic heterocycles. The lowest BCUT2D eigenvalue weighted by Crippen LogP contribution is -2.24. The van der Waals surface area contributed by atoms with Gasteiger partial charge in [-0.1, -0.05) is 0 Å². The summed E-state index contributed by atoms with van der Waals surface area (Å²) >= 11 is 0. The number of amides is 1. The molecule has 1 aliphatic rings. The molecule has 2 rings (SSSR count). The summed E-state index contributed by atoms with van der Waals surface area (Å²) in [6.07, 6.45) is 3.57. The summed E-state index contributed by atoms with van der Waals surface area (Å²) in [4.78, 5) is 15.5. The normalized spacial score (nSPS) is 14.7. The Labute approximate surface area is 138 Å². The molecule has 1 amide bonds. The van der Waals surface area contributed by atoms with Crippen molar-refractivity contribution in [2.45, 2.75) is 26.2 Å². The smallest absolute Gasteiger partial charge is 0.223 e. The molecule has 1 saturated heterocycles. The number of methoxy groups -OCH3 is 1. The summed E-state index contributed by atoms with van der Waals surface area (Å²) in [5, 5.41) is 0. The number of nitrogens with two attached hydrogens (primary N) is 1. The lowest BCUT2D eigenvalue weighted by molar-refractivity contribution is -0.116. The Balaban J connectivity index is 1.97. The van der Waals surface area contributed by atoms with Gasteiger partial charge < -0.3 is 25.0 Å². The van der Waals surface area contributed by atoms with Crippen LogP contribution in [-0.4, -0.2) is 51.2 Å². The minimum atomic E-state index is -0.0852. The van der Waals surface area contributed by atoms with Gasteiger partial charge in [0.2, 0.25) is 5.91 Å². The molecule has 0 saturated carbocycles. The Morgan fingerprint density at radius 1 is 1.30 bits per heavy atom. The van der Waals surface area contributed by atoms with Crippen molar-refractivity contribution in [2.24, 2.45) is 0 Å². The summed E-state index contributed by atoms with van der Waals surface area (Å²) in [6, 6.07) is 3.47. The molecule has 128 valence electrons. The topological polar surface area (TPSA) is 68.0 Å². The maximum Gasteiger partial charge on any atom is 0.223 e. The largest absolute Gasteiger partial charge is 0.493 e. The number of nitrogen functional groups attached to an aromatic ring is 1. The van der Waals surface area contributed by atoms with Crippen LogP contribution in [0.25, 0.3) is 0 Å². The molecule has 2 N–H and O–H groups in total. The number of hydrogen-bond acceptors (Lipinski definition) is 5. The van der Waals surface area contributed by atoms with Gasteiger partial charge in [0, 0.05) is 32.6 Å². The van der Waals surface area contributed by atoms with E-state index in [0.29, 0.717) is 29.5 Å². The van der Waals surface area contributed by atoms with Crippen LogP contribution in [0, 0.1) is 0 Å². The fourth-order valence-electron chi connectivity index (χ4n) is 2.77. The molecule has 0 bridgehead atoms. The molecule has 0 radical (unpaired) electrons. The molecule has 6 heteroatoms.